The Kier molecular flexibility index (Phi) is 9.24. The van der Waals surface area contributed by atoms with Gasteiger partial charge in [0.2, 0.25) is 0 Å². The van der Waals surface area contributed by atoms with Crippen molar-refractivity contribution in [3.8, 4) is 0 Å². The Morgan fingerprint density at radius 2 is 1.75 bits per heavy atom. The summed E-state index contributed by atoms with van der Waals surface area (Å²) in [5, 5.41) is 0. The van der Waals surface area contributed by atoms with Crippen molar-refractivity contribution in [3.63, 3.8) is 0 Å². The van der Waals surface area contributed by atoms with Gasteiger partial charge in [-0.3, -0.25) is 4.79 Å². The highest BCUT2D eigenvalue weighted by atomic mass is 17.2. The molecule has 0 N–H and O–H groups in total. The van der Waals surface area contributed by atoms with Crippen LogP contribution in [0.25, 0.3) is 0 Å². The van der Waals surface area contributed by atoms with Gasteiger partial charge in [0.15, 0.2) is 0 Å². The van der Waals surface area contributed by atoms with Crippen molar-refractivity contribution in [2.45, 2.75) is 40.5 Å². The van der Waals surface area contributed by atoms with Gasteiger partial charge in [0.25, 0.3) is 0 Å². The predicted octanol–water partition coefficient (Wildman–Crippen LogP) is 2.57. The van der Waals surface area contributed by atoms with Gasteiger partial charge in [0.1, 0.15) is 0 Å². The third-order valence-electron chi connectivity index (χ3n) is 2.34. The maximum absolute atomic E-state index is 11.3. The zero-order valence-electron chi connectivity index (χ0n) is 10.8. The fourth-order valence-electron chi connectivity index (χ4n) is 1.27. The van der Waals surface area contributed by atoms with Crippen LogP contribution >= 0.6 is 0 Å². The summed E-state index contributed by atoms with van der Waals surface area (Å²) >= 11 is 0. The lowest BCUT2D eigenvalue weighted by Crippen LogP contribution is -2.16. The van der Waals surface area contributed by atoms with E-state index in [1.165, 1.54) is 0 Å². The molecule has 0 bridgehead atoms. The summed E-state index contributed by atoms with van der Waals surface area (Å²) in [5.74, 6) is 0.248. The second-order valence-corrected chi connectivity index (χ2v) is 4.03. The monoisotopic (exact) mass is 232 g/mol. The van der Waals surface area contributed by atoms with Gasteiger partial charge in [0.05, 0.1) is 25.7 Å². The molecule has 0 heterocycles. The van der Waals surface area contributed by atoms with E-state index in [1.807, 2.05) is 20.8 Å². The Hall–Kier alpha value is -0.610. The van der Waals surface area contributed by atoms with E-state index in [0.29, 0.717) is 25.7 Å². The maximum Gasteiger partial charge on any atom is 0.308 e. The van der Waals surface area contributed by atoms with Crippen LogP contribution < -0.4 is 0 Å². The SMILES string of the molecule is CCOOCC(C)CCC(C)C(=O)OCC. The molecule has 2 atom stereocenters. The predicted molar refractivity (Wildman–Crippen MR) is 61.8 cm³/mol. The molecule has 0 aromatic carbocycles. The van der Waals surface area contributed by atoms with E-state index in [0.717, 1.165) is 12.8 Å². The zero-order chi connectivity index (χ0) is 12.4. The van der Waals surface area contributed by atoms with Crippen LogP contribution in [-0.4, -0.2) is 25.8 Å². The standard InChI is InChI=1S/C12H24O4/c1-5-14-12(13)11(4)8-7-10(3)9-16-15-6-2/h10-11H,5-9H2,1-4H3. The van der Waals surface area contributed by atoms with Crippen LogP contribution in [0.15, 0.2) is 0 Å². The fraction of sp³-hybridized carbons (Fsp3) is 0.917. The molecule has 0 amide bonds. The van der Waals surface area contributed by atoms with Crippen LogP contribution in [0.2, 0.25) is 0 Å². The summed E-state index contributed by atoms with van der Waals surface area (Å²) in [7, 11) is 0. The van der Waals surface area contributed by atoms with Crippen molar-refractivity contribution in [2.24, 2.45) is 11.8 Å². The summed E-state index contributed by atoms with van der Waals surface area (Å²) in [4.78, 5) is 21.1. The highest BCUT2D eigenvalue weighted by molar-refractivity contribution is 5.71. The van der Waals surface area contributed by atoms with Gasteiger partial charge < -0.3 is 4.74 Å². The minimum atomic E-state index is -0.111. The Morgan fingerprint density at radius 3 is 2.31 bits per heavy atom. The van der Waals surface area contributed by atoms with E-state index >= 15 is 0 Å². The third-order valence-corrected chi connectivity index (χ3v) is 2.34. The number of hydrogen-bond acceptors (Lipinski definition) is 4. The van der Waals surface area contributed by atoms with Crippen molar-refractivity contribution in [1.29, 1.82) is 0 Å². The molecule has 4 heteroatoms. The largest absolute Gasteiger partial charge is 0.466 e. The summed E-state index contributed by atoms with van der Waals surface area (Å²) in [6.45, 7) is 9.27. The van der Waals surface area contributed by atoms with E-state index in [-0.39, 0.29) is 11.9 Å². The van der Waals surface area contributed by atoms with E-state index in [1.54, 1.807) is 0 Å². The Labute approximate surface area is 98.2 Å². The molecule has 0 aliphatic carbocycles. The quantitative estimate of drug-likeness (QED) is 0.265. The molecule has 16 heavy (non-hydrogen) atoms. The van der Waals surface area contributed by atoms with Gasteiger partial charge in [-0.25, -0.2) is 9.78 Å². The molecule has 2 unspecified atom stereocenters. The van der Waals surface area contributed by atoms with Crippen molar-refractivity contribution in [2.75, 3.05) is 19.8 Å². The highest BCUT2D eigenvalue weighted by Crippen LogP contribution is 2.14. The van der Waals surface area contributed by atoms with E-state index in [4.69, 9.17) is 14.5 Å². The molecule has 0 radical (unpaired) electrons. The molecule has 0 aliphatic heterocycles. The number of esters is 1. The molecular weight excluding hydrogens is 208 g/mol. The molecule has 4 nitrogen and oxygen atoms in total. The van der Waals surface area contributed by atoms with Crippen LogP contribution in [0.1, 0.15) is 40.5 Å². The van der Waals surface area contributed by atoms with Crippen LogP contribution in [0.4, 0.5) is 0 Å². The molecule has 0 fully saturated rings. The molecule has 0 aliphatic rings. The molecule has 0 saturated carbocycles. The van der Waals surface area contributed by atoms with Gasteiger partial charge in [-0.15, -0.1) is 0 Å². The Morgan fingerprint density at radius 1 is 1.06 bits per heavy atom. The molecule has 0 saturated heterocycles. The molecule has 0 rings (SSSR count). The fourth-order valence-corrected chi connectivity index (χ4v) is 1.27. The minimum Gasteiger partial charge on any atom is -0.466 e. The van der Waals surface area contributed by atoms with Gasteiger partial charge >= 0.3 is 5.97 Å². The van der Waals surface area contributed by atoms with Crippen molar-refractivity contribution in [1.82, 2.24) is 0 Å². The number of ether oxygens (including phenoxy) is 1. The number of carbonyl (C=O) groups excluding carboxylic acids is 1. The Balaban J connectivity index is 3.57. The van der Waals surface area contributed by atoms with E-state index < -0.39 is 0 Å². The summed E-state index contributed by atoms with van der Waals surface area (Å²) in [6, 6.07) is 0. The van der Waals surface area contributed by atoms with Crippen LogP contribution in [-0.2, 0) is 19.3 Å². The van der Waals surface area contributed by atoms with Gasteiger partial charge in [-0.05, 0) is 32.6 Å². The first kappa shape index (κ1) is 15.4. The average Bonchev–Trinajstić information content (AvgIpc) is 2.26. The zero-order valence-corrected chi connectivity index (χ0v) is 10.8. The van der Waals surface area contributed by atoms with E-state index in [9.17, 15) is 4.79 Å². The highest BCUT2D eigenvalue weighted by Gasteiger charge is 2.15. The summed E-state index contributed by atoms with van der Waals surface area (Å²) < 4.78 is 4.94. The molecule has 0 aromatic heterocycles. The average molecular weight is 232 g/mol. The topological polar surface area (TPSA) is 44.8 Å². The summed E-state index contributed by atoms with van der Waals surface area (Å²) in [6.07, 6.45) is 1.77. The first-order chi connectivity index (χ1) is 7.61. The van der Waals surface area contributed by atoms with Gasteiger partial charge in [0, 0.05) is 0 Å². The molecule has 96 valence electrons. The molecular formula is C12H24O4. The number of rotatable bonds is 9. The van der Waals surface area contributed by atoms with Crippen molar-refractivity contribution in [3.05, 3.63) is 0 Å². The normalized spacial score (nSPS) is 14.5. The maximum atomic E-state index is 11.3. The first-order valence-corrected chi connectivity index (χ1v) is 6.02. The van der Waals surface area contributed by atoms with Crippen LogP contribution in [0.3, 0.4) is 0 Å². The third kappa shape index (κ3) is 7.65. The molecule has 0 aromatic rings. The smallest absolute Gasteiger partial charge is 0.308 e. The number of carbonyl (C=O) groups is 1. The Bertz CT molecular complexity index is 182. The van der Waals surface area contributed by atoms with Crippen LogP contribution in [0.5, 0.6) is 0 Å². The van der Waals surface area contributed by atoms with Gasteiger partial charge in [-0.1, -0.05) is 13.8 Å². The van der Waals surface area contributed by atoms with Gasteiger partial charge in [-0.2, -0.15) is 0 Å². The second kappa shape index (κ2) is 9.60. The minimum absolute atomic E-state index is 0.0329. The van der Waals surface area contributed by atoms with E-state index in [2.05, 4.69) is 6.92 Å². The second-order valence-electron chi connectivity index (χ2n) is 4.03. The molecule has 0 spiro atoms. The first-order valence-electron chi connectivity index (χ1n) is 6.02. The van der Waals surface area contributed by atoms with Crippen molar-refractivity contribution < 1.29 is 19.3 Å². The number of hydrogen-bond donors (Lipinski definition) is 0. The lowest BCUT2D eigenvalue weighted by atomic mass is 9.99. The lowest BCUT2D eigenvalue weighted by molar-refractivity contribution is -0.297. The van der Waals surface area contributed by atoms with Crippen molar-refractivity contribution >= 4 is 5.97 Å². The summed E-state index contributed by atoms with van der Waals surface area (Å²) in [5.41, 5.74) is 0. The van der Waals surface area contributed by atoms with Crippen LogP contribution in [0, 0.1) is 11.8 Å². The lowest BCUT2D eigenvalue weighted by Gasteiger charge is -2.14.